The highest BCUT2D eigenvalue weighted by atomic mass is 16.2. The van der Waals surface area contributed by atoms with Crippen LogP contribution in [0.1, 0.15) is 37.4 Å². The van der Waals surface area contributed by atoms with Gasteiger partial charge in [0.25, 0.3) is 0 Å². The number of nitrogens with zero attached hydrogens (tertiary/aromatic N) is 3. The molecule has 0 atom stereocenters. The Hall–Kier alpha value is -1.85. The molecule has 2 aliphatic heterocycles. The van der Waals surface area contributed by atoms with Gasteiger partial charge in [0.2, 0.25) is 5.91 Å². The van der Waals surface area contributed by atoms with Gasteiger partial charge in [-0.05, 0) is 44.0 Å². The van der Waals surface area contributed by atoms with Crippen LogP contribution in [0.15, 0.2) is 24.3 Å². The number of benzene rings is 1. The molecule has 4 rings (SSSR count). The smallest absolute Gasteiger partial charge is 0.236 e. The Morgan fingerprint density at radius 3 is 2.85 bits per heavy atom. The molecule has 1 aromatic carbocycles. The van der Waals surface area contributed by atoms with E-state index in [4.69, 9.17) is 0 Å². The molecule has 1 amide bonds. The van der Waals surface area contributed by atoms with Crippen molar-refractivity contribution >= 4 is 16.8 Å². The van der Waals surface area contributed by atoms with Crippen molar-refractivity contribution in [2.45, 2.75) is 39.2 Å². The van der Waals surface area contributed by atoms with Gasteiger partial charge in [0.15, 0.2) is 0 Å². The number of H-pyrrole nitrogens is 1. The molecule has 0 spiro atoms. The van der Waals surface area contributed by atoms with Crippen LogP contribution >= 0.6 is 0 Å². The fourth-order valence-electron chi connectivity index (χ4n) is 4.50. The molecule has 0 unspecified atom stereocenters. The first-order chi connectivity index (χ1) is 13.2. The molecular formula is C22H32N4O. The van der Waals surface area contributed by atoms with Crippen LogP contribution in [-0.4, -0.2) is 71.4 Å². The van der Waals surface area contributed by atoms with Gasteiger partial charge in [-0.25, -0.2) is 0 Å². The summed E-state index contributed by atoms with van der Waals surface area (Å²) >= 11 is 0. The number of para-hydroxylation sites is 1. The molecule has 0 aliphatic carbocycles. The third-order valence-corrected chi connectivity index (χ3v) is 6.09. The van der Waals surface area contributed by atoms with Gasteiger partial charge < -0.3 is 14.8 Å². The van der Waals surface area contributed by atoms with Crippen molar-refractivity contribution < 1.29 is 4.79 Å². The number of aromatic amines is 1. The summed E-state index contributed by atoms with van der Waals surface area (Å²) in [5, 5.41) is 1.35. The number of nitrogens with one attached hydrogen (secondary N) is 1. The molecule has 3 heterocycles. The van der Waals surface area contributed by atoms with Crippen molar-refractivity contribution in [2.75, 3.05) is 45.8 Å². The summed E-state index contributed by atoms with van der Waals surface area (Å²) in [6.07, 6.45) is 4.62. The van der Waals surface area contributed by atoms with Crippen LogP contribution in [0.5, 0.6) is 0 Å². The Morgan fingerprint density at radius 2 is 1.96 bits per heavy atom. The predicted molar refractivity (Wildman–Crippen MR) is 110 cm³/mol. The number of aromatic nitrogens is 1. The maximum absolute atomic E-state index is 12.9. The first-order valence-corrected chi connectivity index (χ1v) is 10.6. The number of hydrogen-bond donors (Lipinski definition) is 1. The number of carbonyl (C=O) groups is 1. The van der Waals surface area contributed by atoms with Crippen LogP contribution in [0.3, 0.4) is 0 Å². The van der Waals surface area contributed by atoms with Gasteiger partial charge in [0.1, 0.15) is 0 Å². The maximum atomic E-state index is 12.9. The minimum absolute atomic E-state index is 0.298. The second-order valence-corrected chi connectivity index (χ2v) is 8.02. The van der Waals surface area contributed by atoms with Crippen LogP contribution in [0.25, 0.3) is 10.9 Å². The van der Waals surface area contributed by atoms with Gasteiger partial charge in [-0.1, -0.05) is 31.5 Å². The Balaban J connectivity index is 1.33. The highest BCUT2D eigenvalue weighted by molar-refractivity contribution is 5.85. The van der Waals surface area contributed by atoms with Gasteiger partial charge in [0, 0.05) is 49.3 Å². The average molecular weight is 369 g/mol. The van der Waals surface area contributed by atoms with E-state index in [1.807, 2.05) is 0 Å². The summed E-state index contributed by atoms with van der Waals surface area (Å²) in [5.41, 5.74) is 3.95. The van der Waals surface area contributed by atoms with Crippen molar-refractivity contribution in [2.24, 2.45) is 0 Å². The SMILES string of the molecule is CCCCN1CCCN(C(=O)CN2CCc3c([nH]c4ccccc34)C2)CC1. The van der Waals surface area contributed by atoms with E-state index in [1.54, 1.807) is 0 Å². The summed E-state index contributed by atoms with van der Waals surface area (Å²) in [6, 6.07) is 8.53. The minimum atomic E-state index is 0.298. The largest absolute Gasteiger partial charge is 0.357 e. The highest BCUT2D eigenvalue weighted by Gasteiger charge is 2.25. The lowest BCUT2D eigenvalue weighted by atomic mass is 10.0. The number of amides is 1. The van der Waals surface area contributed by atoms with E-state index < -0.39 is 0 Å². The zero-order chi connectivity index (χ0) is 18.6. The molecule has 5 nitrogen and oxygen atoms in total. The molecule has 0 bridgehead atoms. The molecule has 146 valence electrons. The lowest BCUT2D eigenvalue weighted by Gasteiger charge is -2.29. The Kier molecular flexibility index (Phi) is 5.79. The zero-order valence-electron chi connectivity index (χ0n) is 16.5. The third-order valence-electron chi connectivity index (χ3n) is 6.09. The molecule has 1 aromatic heterocycles. The van der Waals surface area contributed by atoms with E-state index in [1.165, 1.54) is 41.5 Å². The topological polar surface area (TPSA) is 42.6 Å². The molecule has 0 radical (unpaired) electrons. The Bertz CT molecular complexity index is 784. The number of unbranched alkanes of at least 4 members (excludes halogenated alkanes) is 1. The van der Waals surface area contributed by atoms with E-state index in [2.05, 4.69) is 50.9 Å². The van der Waals surface area contributed by atoms with Crippen molar-refractivity contribution in [1.29, 1.82) is 0 Å². The molecule has 2 aromatic rings. The minimum Gasteiger partial charge on any atom is -0.357 e. The normalized spacial score (nSPS) is 19.2. The number of rotatable bonds is 5. The first kappa shape index (κ1) is 18.5. The van der Waals surface area contributed by atoms with E-state index in [9.17, 15) is 4.79 Å². The Morgan fingerprint density at radius 1 is 1.07 bits per heavy atom. The zero-order valence-corrected chi connectivity index (χ0v) is 16.5. The number of carbonyl (C=O) groups excluding carboxylic acids is 1. The van der Waals surface area contributed by atoms with Crippen molar-refractivity contribution in [3.63, 3.8) is 0 Å². The van der Waals surface area contributed by atoms with Crippen molar-refractivity contribution in [1.82, 2.24) is 19.7 Å². The molecule has 5 heteroatoms. The van der Waals surface area contributed by atoms with E-state index in [0.717, 1.165) is 52.1 Å². The lowest BCUT2D eigenvalue weighted by molar-refractivity contribution is -0.132. The predicted octanol–water partition coefficient (Wildman–Crippen LogP) is 2.86. The molecule has 0 saturated carbocycles. The Labute approximate surface area is 162 Å². The third kappa shape index (κ3) is 4.19. The second kappa shape index (κ2) is 8.44. The summed E-state index contributed by atoms with van der Waals surface area (Å²) in [6.45, 7) is 9.73. The quantitative estimate of drug-likeness (QED) is 0.882. The van der Waals surface area contributed by atoms with Crippen molar-refractivity contribution in [3.8, 4) is 0 Å². The fourth-order valence-corrected chi connectivity index (χ4v) is 4.50. The van der Waals surface area contributed by atoms with Gasteiger partial charge in [-0.3, -0.25) is 9.69 Å². The average Bonchev–Trinajstić information content (AvgIpc) is 2.88. The summed E-state index contributed by atoms with van der Waals surface area (Å²) < 4.78 is 0. The van der Waals surface area contributed by atoms with Crippen LogP contribution in [-0.2, 0) is 17.8 Å². The van der Waals surface area contributed by atoms with Crippen molar-refractivity contribution in [3.05, 3.63) is 35.5 Å². The molecule has 27 heavy (non-hydrogen) atoms. The summed E-state index contributed by atoms with van der Waals surface area (Å²) in [4.78, 5) is 23.4. The molecule has 1 fully saturated rings. The standard InChI is InChI=1S/C22H32N4O/c1-2-3-10-24-11-6-12-26(15-14-24)22(27)17-25-13-9-19-18-7-4-5-8-20(18)23-21(19)16-25/h4-5,7-8,23H,2-3,6,9-17H2,1H3. The van der Waals surface area contributed by atoms with E-state index >= 15 is 0 Å². The fraction of sp³-hybridized carbons (Fsp3) is 0.591. The van der Waals surface area contributed by atoms with Crippen LogP contribution in [0, 0.1) is 0 Å². The molecule has 2 aliphatic rings. The molecule has 1 N–H and O–H groups in total. The molecule has 1 saturated heterocycles. The monoisotopic (exact) mass is 368 g/mol. The van der Waals surface area contributed by atoms with Crippen LogP contribution in [0.4, 0.5) is 0 Å². The molecular weight excluding hydrogens is 336 g/mol. The van der Waals surface area contributed by atoms with Gasteiger partial charge >= 0.3 is 0 Å². The second-order valence-electron chi connectivity index (χ2n) is 8.02. The van der Waals surface area contributed by atoms with Crippen LogP contribution in [0.2, 0.25) is 0 Å². The van der Waals surface area contributed by atoms with Crippen LogP contribution < -0.4 is 0 Å². The van der Waals surface area contributed by atoms with Gasteiger partial charge in [-0.15, -0.1) is 0 Å². The summed E-state index contributed by atoms with van der Waals surface area (Å²) in [7, 11) is 0. The van der Waals surface area contributed by atoms with Gasteiger partial charge in [-0.2, -0.15) is 0 Å². The summed E-state index contributed by atoms with van der Waals surface area (Å²) in [5.74, 6) is 0.298. The lowest BCUT2D eigenvalue weighted by Crippen LogP contribution is -2.43. The first-order valence-electron chi connectivity index (χ1n) is 10.6. The van der Waals surface area contributed by atoms with E-state index in [-0.39, 0.29) is 0 Å². The number of hydrogen-bond acceptors (Lipinski definition) is 3. The van der Waals surface area contributed by atoms with Gasteiger partial charge in [0.05, 0.1) is 6.54 Å². The highest BCUT2D eigenvalue weighted by Crippen LogP contribution is 2.27. The maximum Gasteiger partial charge on any atom is 0.236 e. The van der Waals surface area contributed by atoms with E-state index in [0.29, 0.717) is 12.5 Å². The number of fused-ring (bicyclic) bond motifs is 3.